The average Bonchev–Trinajstić information content (AvgIpc) is 2.37. The van der Waals surface area contributed by atoms with Gasteiger partial charge in [0.2, 0.25) is 0 Å². The maximum Gasteiger partial charge on any atom is -0.0114 e. The lowest BCUT2D eigenvalue weighted by atomic mass is 9.29. The highest BCUT2D eigenvalue weighted by atomic mass is 14.7. The van der Waals surface area contributed by atoms with E-state index in [0.717, 1.165) is 17.8 Å². The molecule has 0 spiro atoms. The topological polar surface area (TPSA) is 0 Å². The van der Waals surface area contributed by atoms with Gasteiger partial charge in [0.05, 0.1) is 0 Å². The smallest absolute Gasteiger partial charge is 0.0114 e. The Kier molecular flexibility index (Phi) is 2.38. The van der Waals surface area contributed by atoms with Gasteiger partial charge in [-0.3, -0.25) is 0 Å². The van der Waals surface area contributed by atoms with Gasteiger partial charge in [-0.15, -0.1) is 0 Å². The molecule has 6 aliphatic carbocycles. The Morgan fingerprint density at radius 3 is 2.00 bits per heavy atom. The van der Waals surface area contributed by atoms with Gasteiger partial charge in [-0.1, -0.05) is 41.5 Å². The van der Waals surface area contributed by atoms with Crippen molar-refractivity contribution in [2.75, 3.05) is 0 Å². The van der Waals surface area contributed by atoms with Crippen molar-refractivity contribution in [3.05, 3.63) is 5.92 Å². The molecule has 0 aromatic heterocycles. The molecule has 1 radical (unpaired) electrons. The highest BCUT2D eigenvalue weighted by Crippen LogP contribution is 2.78. The van der Waals surface area contributed by atoms with E-state index in [1.165, 1.54) is 38.5 Å². The van der Waals surface area contributed by atoms with Gasteiger partial charge in [-0.25, -0.2) is 0 Å². The van der Waals surface area contributed by atoms with E-state index in [0.29, 0.717) is 21.7 Å². The molecule has 6 rings (SSSR count). The van der Waals surface area contributed by atoms with Gasteiger partial charge in [0, 0.05) is 0 Å². The van der Waals surface area contributed by atoms with Crippen molar-refractivity contribution < 1.29 is 0 Å². The number of rotatable bonds is 1. The zero-order valence-electron chi connectivity index (χ0n) is 14.5. The normalized spacial score (nSPS) is 55.8. The minimum atomic E-state index is 0.526. The fourth-order valence-corrected chi connectivity index (χ4v) is 7.42. The molecule has 0 aromatic rings. The average molecular weight is 273 g/mol. The molecule has 0 saturated heterocycles. The highest BCUT2D eigenvalue weighted by molar-refractivity contribution is 5.32. The summed E-state index contributed by atoms with van der Waals surface area (Å²) in [4.78, 5) is 0. The van der Waals surface area contributed by atoms with Crippen LogP contribution in [0.1, 0.15) is 80.1 Å². The van der Waals surface area contributed by atoms with Crippen LogP contribution in [0.15, 0.2) is 0 Å². The van der Waals surface area contributed by atoms with Crippen molar-refractivity contribution in [3.8, 4) is 0 Å². The first-order chi connectivity index (χ1) is 9.14. The van der Waals surface area contributed by atoms with Crippen LogP contribution in [0.4, 0.5) is 0 Å². The minimum Gasteiger partial charge on any atom is -0.0594 e. The first kappa shape index (κ1) is 13.6. The fourth-order valence-electron chi connectivity index (χ4n) is 7.42. The SMILES string of the molecule is CC1(C)[C]2CC1CCC2(C)C1(C)CCC2CC1C2(C)C. The van der Waals surface area contributed by atoms with Crippen LogP contribution in [-0.4, -0.2) is 0 Å². The standard InChI is InChI=1S/C20H33/c1-17(2)13-7-9-19(5,15(17)11-13)20(6)10-8-14-12-16(20)18(14,3)4/h13-15H,7-12H2,1-6H3. The van der Waals surface area contributed by atoms with Crippen LogP contribution in [0.2, 0.25) is 0 Å². The van der Waals surface area contributed by atoms with Crippen molar-refractivity contribution in [2.45, 2.75) is 80.1 Å². The van der Waals surface area contributed by atoms with Gasteiger partial charge in [0.25, 0.3) is 0 Å². The summed E-state index contributed by atoms with van der Waals surface area (Å²) in [6.07, 6.45) is 8.93. The lowest BCUT2D eigenvalue weighted by Gasteiger charge is -2.75. The summed E-state index contributed by atoms with van der Waals surface area (Å²) in [6, 6.07) is 0. The second-order valence-electron chi connectivity index (χ2n) is 10.2. The van der Waals surface area contributed by atoms with Crippen molar-refractivity contribution in [1.29, 1.82) is 0 Å². The van der Waals surface area contributed by atoms with Gasteiger partial charge >= 0.3 is 0 Å². The third-order valence-electron chi connectivity index (χ3n) is 9.42. The van der Waals surface area contributed by atoms with Crippen LogP contribution in [0.5, 0.6) is 0 Å². The van der Waals surface area contributed by atoms with Crippen LogP contribution in [0, 0.1) is 45.3 Å². The molecule has 0 heterocycles. The van der Waals surface area contributed by atoms with E-state index in [9.17, 15) is 0 Å². The van der Waals surface area contributed by atoms with Crippen molar-refractivity contribution >= 4 is 0 Å². The molecular formula is C20H33. The van der Waals surface area contributed by atoms with Gasteiger partial charge in [0.15, 0.2) is 0 Å². The Hall–Kier alpha value is 0. The zero-order valence-corrected chi connectivity index (χ0v) is 14.5. The zero-order chi connectivity index (χ0) is 14.6. The predicted octanol–water partition coefficient (Wildman–Crippen LogP) is 5.87. The summed E-state index contributed by atoms with van der Waals surface area (Å²) in [5.41, 5.74) is 2.25. The van der Waals surface area contributed by atoms with Gasteiger partial charge < -0.3 is 0 Å². The lowest BCUT2D eigenvalue weighted by Crippen LogP contribution is -2.67. The molecule has 4 bridgehead atoms. The summed E-state index contributed by atoms with van der Waals surface area (Å²) in [7, 11) is 0. The van der Waals surface area contributed by atoms with E-state index in [2.05, 4.69) is 41.5 Å². The summed E-state index contributed by atoms with van der Waals surface area (Å²) in [5.74, 6) is 4.95. The maximum atomic E-state index is 2.68. The quantitative estimate of drug-likeness (QED) is 0.560. The molecule has 0 nitrogen and oxygen atoms in total. The third-order valence-corrected chi connectivity index (χ3v) is 9.42. The van der Waals surface area contributed by atoms with E-state index in [-0.39, 0.29) is 0 Å². The van der Waals surface area contributed by atoms with Crippen LogP contribution in [-0.2, 0) is 0 Å². The molecule has 0 amide bonds. The lowest BCUT2D eigenvalue weighted by molar-refractivity contribution is -0.219. The Morgan fingerprint density at radius 2 is 1.50 bits per heavy atom. The maximum absolute atomic E-state index is 2.68. The van der Waals surface area contributed by atoms with Gasteiger partial charge in [-0.05, 0) is 83.9 Å². The molecule has 6 saturated carbocycles. The number of hydrogen-bond acceptors (Lipinski definition) is 0. The summed E-state index contributed by atoms with van der Waals surface area (Å²) < 4.78 is 0. The first-order valence-corrected chi connectivity index (χ1v) is 9.01. The molecule has 5 atom stereocenters. The molecule has 0 heteroatoms. The fraction of sp³-hybridized carbons (Fsp3) is 0.950. The molecule has 0 aromatic carbocycles. The van der Waals surface area contributed by atoms with E-state index < -0.39 is 0 Å². The number of fused-ring (bicyclic) bond motifs is 5. The Labute approximate surface area is 126 Å². The molecular weight excluding hydrogens is 240 g/mol. The molecule has 6 fully saturated rings. The van der Waals surface area contributed by atoms with Crippen molar-refractivity contribution in [1.82, 2.24) is 0 Å². The third kappa shape index (κ3) is 1.23. The van der Waals surface area contributed by atoms with E-state index in [1.54, 1.807) is 0 Å². The van der Waals surface area contributed by atoms with Crippen LogP contribution in [0.3, 0.4) is 0 Å². The first-order valence-electron chi connectivity index (χ1n) is 9.01. The van der Waals surface area contributed by atoms with Gasteiger partial charge in [-0.2, -0.15) is 0 Å². The molecule has 0 aliphatic heterocycles. The largest absolute Gasteiger partial charge is 0.0594 e. The molecule has 0 N–H and O–H groups in total. The summed E-state index contributed by atoms with van der Waals surface area (Å²) in [5, 5.41) is 0. The van der Waals surface area contributed by atoms with E-state index in [4.69, 9.17) is 0 Å². The van der Waals surface area contributed by atoms with Crippen LogP contribution >= 0.6 is 0 Å². The molecule has 6 aliphatic rings. The summed E-state index contributed by atoms with van der Waals surface area (Å²) in [6.45, 7) is 15.5. The van der Waals surface area contributed by atoms with E-state index in [1.807, 2.05) is 5.92 Å². The van der Waals surface area contributed by atoms with Crippen LogP contribution < -0.4 is 0 Å². The second-order valence-corrected chi connectivity index (χ2v) is 10.2. The second kappa shape index (κ2) is 3.49. The minimum absolute atomic E-state index is 0.526. The van der Waals surface area contributed by atoms with Gasteiger partial charge in [0.1, 0.15) is 0 Å². The summed E-state index contributed by atoms with van der Waals surface area (Å²) >= 11 is 0. The Bertz CT molecular complexity index is 399. The Balaban J connectivity index is 1.72. The monoisotopic (exact) mass is 273 g/mol. The molecule has 113 valence electrons. The predicted molar refractivity (Wildman–Crippen MR) is 85.2 cm³/mol. The number of hydrogen-bond donors (Lipinski definition) is 0. The van der Waals surface area contributed by atoms with Crippen molar-refractivity contribution in [3.63, 3.8) is 0 Å². The Morgan fingerprint density at radius 1 is 0.850 bits per heavy atom. The highest BCUT2D eigenvalue weighted by Gasteiger charge is 2.70. The molecule has 5 unspecified atom stereocenters. The van der Waals surface area contributed by atoms with E-state index >= 15 is 0 Å². The van der Waals surface area contributed by atoms with Crippen LogP contribution in [0.25, 0.3) is 0 Å². The van der Waals surface area contributed by atoms with Crippen molar-refractivity contribution in [2.24, 2.45) is 39.4 Å². The molecule has 20 heavy (non-hydrogen) atoms.